The quantitative estimate of drug-likeness (QED) is 0.762. The molecule has 0 saturated carbocycles. The molecule has 0 saturated heterocycles. The molecule has 24 heavy (non-hydrogen) atoms. The number of aromatic hydroxyl groups is 1. The Morgan fingerprint density at radius 2 is 1.75 bits per heavy atom. The van der Waals surface area contributed by atoms with E-state index in [1.54, 1.807) is 18.2 Å². The summed E-state index contributed by atoms with van der Waals surface area (Å²) in [7, 11) is 1.45. The number of hydrogen-bond acceptors (Lipinski definition) is 3. The highest BCUT2D eigenvalue weighted by atomic mass is 16.5. The Kier molecular flexibility index (Phi) is 4.38. The van der Waals surface area contributed by atoms with Crippen LogP contribution in [0.5, 0.6) is 11.5 Å². The number of ether oxygens (including phenoxy) is 1. The SMILES string of the molecule is COc1cccc(C(=O)N[C@@H](C)c2cccc3ccccc23)c1O. The molecule has 122 valence electrons. The zero-order chi connectivity index (χ0) is 17.1. The van der Waals surface area contributed by atoms with E-state index >= 15 is 0 Å². The van der Waals surface area contributed by atoms with E-state index in [1.165, 1.54) is 7.11 Å². The summed E-state index contributed by atoms with van der Waals surface area (Å²) in [5.74, 6) is -0.213. The Morgan fingerprint density at radius 3 is 2.54 bits per heavy atom. The zero-order valence-corrected chi connectivity index (χ0v) is 13.6. The van der Waals surface area contributed by atoms with Crippen molar-refractivity contribution in [1.82, 2.24) is 5.32 Å². The summed E-state index contributed by atoms with van der Waals surface area (Å²) >= 11 is 0. The van der Waals surface area contributed by atoms with Gasteiger partial charge in [-0.1, -0.05) is 48.5 Å². The van der Waals surface area contributed by atoms with Crippen molar-refractivity contribution in [2.24, 2.45) is 0 Å². The third kappa shape index (κ3) is 2.91. The van der Waals surface area contributed by atoms with Crippen LogP contribution < -0.4 is 10.1 Å². The van der Waals surface area contributed by atoms with E-state index in [9.17, 15) is 9.90 Å². The fourth-order valence-corrected chi connectivity index (χ4v) is 2.85. The van der Waals surface area contributed by atoms with Crippen LogP contribution in [0.15, 0.2) is 60.7 Å². The molecule has 0 bridgehead atoms. The third-order valence-electron chi connectivity index (χ3n) is 4.10. The maximum absolute atomic E-state index is 12.5. The van der Waals surface area contributed by atoms with E-state index in [2.05, 4.69) is 5.32 Å². The summed E-state index contributed by atoms with van der Waals surface area (Å²) in [6, 6.07) is 18.7. The van der Waals surface area contributed by atoms with Gasteiger partial charge in [0.05, 0.1) is 18.7 Å². The first-order valence-corrected chi connectivity index (χ1v) is 7.76. The monoisotopic (exact) mass is 321 g/mol. The molecule has 0 unspecified atom stereocenters. The topological polar surface area (TPSA) is 58.6 Å². The molecule has 0 radical (unpaired) electrons. The second-order valence-corrected chi connectivity index (χ2v) is 5.62. The van der Waals surface area contributed by atoms with Gasteiger partial charge in [0, 0.05) is 0 Å². The van der Waals surface area contributed by atoms with Gasteiger partial charge in [-0.25, -0.2) is 0 Å². The van der Waals surface area contributed by atoms with Gasteiger partial charge in [0.1, 0.15) is 0 Å². The number of nitrogens with one attached hydrogen (secondary N) is 1. The fraction of sp³-hybridized carbons (Fsp3) is 0.150. The van der Waals surface area contributed by atoms with E-state index < -0.39 is 0 Å². The Morgan fingerprint density at radius 1 is 1.04 bits per heavy atom. The maximum Gasteiger partial charge on any atom is 0.255 e. The van der Waals surface area contributed by atoms with Crippen LogP contribution in [0.4, 0.5) is 0 Å². The van der Waals surface area contributed by atoms with Gasteiger partial charge in [-0.2, -0.15) is 0 Å². The van der Waals surface area contributed by atoms with Crippen molar-refractivity contribution < 1.29 is 14.6 Å². The first kappa shape index (κ1) is 15.9. The van der Waals surface area contributed by atoms with Crippen LogP contribution in [-0.4, -0.2) is 18.1 Å². The average molecular weight is 321 g/mol. The molecule has 0 fully saturated rings. The van der Waals surface area contributed by atoms with Crippen molar-refractivity contribution in [3.8, 4) is 11.5 Å². The number of carbonyl (C=O) groups is 1. The molecule has 3 aromatic rings. The molecular weight excluding hydrogens is 302 g/mol. The van der Waals surface area contributed by atoms with E-state index in [0.29, 0.717) is 0 Å². The Bertz CT molecular complexity index is 884. The van der Waals surface area contributed by atoms with Gasteiger partial charge in [-0.05, 0) is 35.4 Å². The van der Waals surface area contributed by atoms with Crippen LogP contribution in [0.3, 0.4) is 0 Å². The minimum atomic E-state index is -0.341. The predicted octanol–water partition coefficient (Wildman–Crippen LogP) is 4.05. The third-order valence-corrected chi connectivity index (χ3v) is 4.10. The van der Waals surface area contributed by atoms with Crippen LogP contribution >= 0.6 is 0 Å². The van der Waals surface area contributed by atoms with Crippen molar-refractivity contribution in [3.63, 3.8) is 0 Å². The molecule has 0 aromatic heterocycles. The summed E-state index contributed by atoms with van der Waals surface area (Å²) in [5, 5.41) is 15.3. The molecule has 1 amide bonds. The largest absolute Gasteiger partial charge is 0.504 e. The number of methoxy groups -OCH3 is 1. The summed E-state index contributed by atoms with van der Waals surface area (Å²) in [6.45, 7) is 1.93. The molecule has 3 rings (SSSR count). The van der Waals surface area contributed by atoms with Crippen LogP contribution in [0.2, 0.25) is 0 Å². The van der Waals surface area contributed by atoms with E-state index in [-0.39, 0.29) is 29.0 Å². The molecule has 0 heterocycles. The van der Waals surface area contributed by atoms with E-state index in [0.717, 1.165) is 16.3 Å². The summed E-state index contributed by atoms with van der Waals surface area (Å²) in [6.07, 6.45) is 0. The predicted molar refractivity (Wildman–Crippen MR) is 94.5 cm³/mol. The lowest BCUT2D eigenvalue weighted by atomic mass is 9.99. The van der Waals surface area contributed by atoms with Gasteiger partial charge in [0.25, 0.3) is 5.91 Å². The second kappa shape index (κ2) is 6.62. The normalized spacial score (nSPS) is 11.9. The zero-order valence-electron chi connectivity index (χ0n) is 13.6. The Labute approximate surface area is 140 Å². The highest BCUT2D eigenvalue weighted by Crippen LogP contribution is 2.30. The highest BCUT2D eigenvalue weighted by molar-refractivity contribution is 5.98. The molecule has 3 aromatic carbocycles. The maximum atomic E-state index is 12.5. The molecule has 2 N–H and O–H groups in total. The molecule has 0 spiro atoms. The Hall–Kier alpha value is -3.01. The van der Waals surface area contributed by atoms with Gasteiger partial charge >= 0.3 is 0 Å². The number of fused-ring (bicyclic) bond motifs is 1. The van der Waals surface area contributed by atoms with Crippen molar-refractivity contribution >= 4 is 16.7 Å². The number of rotatable bonds is 4. The number of phenolic OH excluding ortho intramolecular Hbond substituents is 1. The number of para-hydroxylation sites is 1. The molecule has 4 heteroatoms. The van der Waals surface area contributed by atoms with E-state index in [1.807, 2.05) is 49.4 Å². The molecule has 0 aliphatic rings. The van der Waals surface area contributed by atoms with Gasteiger partial charge in [0.2, 0.25) is 0 Å². The fourth-order valence-electron chi connectivity index (χ4n) is 2.85. The first-order valence-electron chi connectivity index (χ1n) is 7.76. The molecule has 0 aliphatic heterocycles. The highest BCUT2D eigenvalue weighted by Gasteiger charge is 2.18. The smallest absolute Gasteiger partial charge is 0.255 e. The minimum absolute atomic E-state index is 0.150. The van der Waals surface area contributed by atoms with Gasteiger partial charge in [-0.3, -0.25) is 4.79 Å². The molecular formula is C20H19NO3. The second-order valence-electron chi connectivity index (χ2n) is 5.62. The van der Waals surface area contributed by atoms with Crippen LogP contribution in [-0.2, 0) is 0 Å². The summed E-state index contributed by atoms with van der Waals surface area (Å²) in [4.78, 5) is 12.5. The number of phenols is 1. The van der Waals surface area contributed by atoms with Gasteiger partial charge < -0.3 is 15.2 Å². The number of carbonyl (C=O) groups excluding carboxylic acids is 1. The summed E-state index contributed by atoms with van der Waals surface area (Å²) < 4.78 is 5.05. The number of amides is 1. The lowest BCUT2D eigenvalue weighted by Crippen LogP contribution is -2.26. The standard InChI is InChI=1S/C20H19NO3/c1-13(15-10-5-8-14-7-3-4-9-16(14)15)21-20(23)17-11-6-12-18(24-2)19(17)22/h3-13,22H,1-2H3,(H,21,23)/t13-/m0/s1. The van der Waals surface area contributed by atoms with Crippen molar-refractivity contribution in [2.75, 3.05) is 7.11 Å². The molecule has 1 atom stereocenters. The van der Waals surface area contributed by atoms with Crippen LogP contribution in [0, 0.1) is 0 Å². The molecule has 4 nitrogen and oxygen atoms in total. The number of benzene rings is 3. The van der Waals surface area contributed by atoms with Gasteiger partial charge in [-0.15, -0.1) is 0 Å². The van der Waals surface area contributed by atoms with E-state index in [4.69, 9.17) is 4.74 Å². The lowest BCUT2D eigenvalue weighted by Gasteiger charge is -2.17. The first-order chi connectivity index (χ1) is 11.6. The molecule has 0 aliphatic carbocycles. The van der Waals surface area contributed by atoms with Crippen molar-refractivity contribution in [2.45, 2.75) is 13.0 Å². The minimum Gasteiger partial charge on any atom is -0.504 e. The summed E-state index contributed by atoms with van der Waals surface area (Å²) in [5.41, 5.74) is 1.23. The number of hydrogen-bond donors (Lipinski definition) is 2. The Balaban J connectivity index is 1.89. The van der Waals surface area contributed by atoms with Crippen LogP contribution in [0.25, 0.3) is 10.8 Å². The van der Waals surface area contributed by atoms with Gasteiger partial charge in [0.15, 0.2) is 11.5 Å². The lowest BCUT2D eigenvalue weighted by molar-refractivity contribution is 0.0937. The van der Waals surface area contributed by atoms with Crippen LogP contribution in [0.1, 0.15) is 28.9 Å². The average Bonchev–Trinajstić information content (AvgIpc) is 2.61. The van der Waals surface area contributed by atoms with Crippen molar-refractivity contribution in [1.29, 1.82) is 0 Å². The van der Waals surface area contributed by atoms with Crippen molar-refractivity contribution in [3.05, 3.63) is 71.8 Å².